The van der Waals surface area contributed by atoms with Gasteiger partial charge in [-0.15, -0.1) is 0 Å². The first-order valence-corrected chi connectivity index (χ1v) is 1.96. The number of rotatable bonds is 0. The van der Waals surface area contributed by atoms with Crippen LogP contribution in [-0.4, -0.2) is 21.0 Å². The Morgan fingerprint density at radius 1 is 1.88 bits per heavy atom. The van der Waals surface area contributed by atoms with Crippen molar-refractivity contribution in [1.82, 2.24) is 9.78 Å². The molecule has 1 radical (unpaired) electrons. The first-order chi connectivity index (χ1) is 3.80. The highest BCUT2D eigenvalue weighted by atomic mass is 16.4. The van der Waals surface area contributed by atoms with Crippen LogP contribution in [0.25, 0.3) is 0 Å². The van der Waals surface area contributed by atoms with Crippen LogP contribution in [0.3, 0.4) is 0 Å². The fourth-order valence-electron chi connectivity index (χ4n) is 0.339. The van der Waals surface area contributed by atoms with E-state index >= 15 is 0 Å². The summed E-state index contributed by atoms with van der Waals surface area (Å²) in [4.78, 5) is 9.94. The second-order valence-corrected chi connectivity index (χ2v) is 1.17. The Morgan fingerprint density at radius 3 is 2.88 bits per heavy atom. The molecule has 0 spiro atoms. The lowest BCUT2D eigenvalue weighted by Crippen LogP contribution is -2.07. The summed E-state index contributed by atoms with van der Waals surface area (Å²) in [5, 5.41) is 11.5. The molecule has 1 aromatic rings. The van der Waals surface area contributed by atoms with Gasteiger partial charge >= 0.3 is 6.09 Å². The molecular weight excluding hydrogens is 108 g/mol. The van der Waals surface area contributed by atoms with Gasteiger partial charge in [-0.05, 0) is 6.07 Å². The quantitative estimate of drug-likeness (QED) is 0.520. The van der Waals surface area contributed by atoms with Crippen molar-refractivity contribution in [1.29, 1.82) is 0 Å². The summed E-state index contributed by atoms with van der Waals surface area (Å²) in [6, 6.07) is 1.42. The standard InChI is InChI=1S/C4H3N2O2/c7-4(8)6-3-1-2-5-6/h1,3H,(H,7,8). The molecule has 8 heavy (non-hydrogen) atoms. The van der Waals surface area contributed by atoms with Crippen LogP contribution in [-0.2, 0) is 0 Å². The van der Waals surface area contributed by atoms with Crippen LogP contribution in [0, 0.1) is 6.20 Å². The number of hydrogen-bond donors (Lipinski definition) is 1. The van der Waals surface area contributed by atoms with Crippen LogP contribution in [0.4, 0.5) is 4.79 Å². The highest BCUT2D eigenvalue weighted by Gasteiger charge is 1.95. The third-order valence-electron chi connectivity index (χ3n) is 0.652. The summed E-state index contributed by atoms with van der Waals surface area (Å²) >= 11 is 0. The van der Waals surface area contributed by atoms with E-state index in [1.165, 1.54) is 12.3 Å². The topological polar surface area (TPSA) is 55.1 Å². The lowest BCUT2D eigenvalue weighted by Gasteiger charge is -1.84. The molecule has 0 aromatic carbocycles. The van der Waals surface area contributed by atoms with E-state index in [2.05, 4.69) is 11.3 Å². The highest BCUT2D eigenvalue weighted by molar-refractivity contribution is 5.66. The lowest BCUT2D eigenvalue weighted by atomic mass is 10.8. The Kier molecular flexibility index (Phi) is 0.997. The van der Waals surface area contributed by atoms with Gasteiger partial charge in [-0.25, -0.2) is 4.79 Å². The van der Waals surface area contributed by atoms with Crippen molar-refractivity contribution in [2.75, 3.05) is 0 Å². The van der Waals surface area contributed by atoms with Gasteiger partial charge in [0.1, 0.15) is 6.20 Å². The molecule has 4 nitrogen and oxygen atoms in total. The minimum Gasteiger partial charge on any atom is -0.463 e. The van der Waals surface area contributed by atoms with Crippen molar-refractivity contribution in [3.63, 3.8) is 0 Å². The third-order valence-corrected chi connectivity index (χ3v) is 0.652. The van der Waals surface area contributed by atoms with Crippen molar-refractivity contribution in [2.24, 2.45) is 0 Å². The number of nitrogens with zero attached hydrogens (tertiary/aromatic N) is 2. The Hall–Kier alpha value is -1.32. The van der Waals surface area contributed by atoms with Gasteiger partial charge < -0.3 is 5.11 Å². The molecule has 4 heteroatoms. The minimum atomic E-state index is -1.09. The van der Waals surface area contributed by atoms with Crippen LogP contribution in [0.2, 0.25) is 0 Å². The third kappa shape index (κ3) is 0.676. The largest absolute Gasteiger partial charge is 0.463 e. The molecular formula is C4H3N2O2. The normalized spacial score (nSPS) is 9.00. The molecule has 41 valence electrons. The average molecular weight is 111 g/mol. The molecule has 0 unspecified atom stereocenters. The Labute approximate surface area is 45.4 Å². The predicted octanol–water partition coefficient (Wildman–Crippen LogP) is 0.209. The Balaban J connectivity index is 2.93. The van der Waals surface area contributed by atoms with Gasteiger partial charge in [-0.1, -0.05) is 0 Å². The van der Waals surface area contributed by atoms with Crippen LogP contribution in [0.1, 0.15) is 0 Å². The van der Waals surface area contributed by atoms with Crippen molar-refractivity contribution >= 4 is 6.09 Å². The first-order valence-electron chi connectivity index (χ1n) is 1.96. The van der Waals surface area contributed by atoms with Gasteiger partial charge in [0.25, 0.3) is 0 Å². The summed E-state index contributed by atoms with van der Waals surface area (Å²) < 4.78 is 0.778. The highest BCUT2D eigenvalue weighted by Crippen LogP contribution is 1.79. The molecule has 0 amide bonds. The van der Waals surface area contributed by atoms with Crippen molar-refractivity contribution in [3.8, 4) is 0 Å². The van der Waals surface area contributed by atoms with Crippen LogP contribution in [0.15, 0.2) is 12.3 Å². The molecule has 0 aliphatic rings. The summed E-state index contributed by atoms with van der Waals surface area (Å²) in [5.41, 5.74) is 0. The van der Waals surface area contributed by atoms with E-state index in [0.29, 0.717) is 0 Å². The molecule has 1 aromatic heterocycles. The number of carboxylic acid groups (broad SMARTS) is 1. The summed E-state index contributed by atoms with van der Waals surface area (Å²) in [7, 11) is 0. The van der Waals surface area contributed by atoms with E-state index in [0.717, 1.165) is 4.68 Å². The number of hydrogen-bond acceptors (Lipinski definition) is 2. The molecule has 0 saturated carbocycles. The van der Waals surface area contributed by atoms with Gasteiger partial charge in [0.2, 0.25) is 0 Å². The fraction of sp³-hybridized carbons (Fsp3) is 0. The predicted molar refractivity (Wildman–Crippen MR) is 24.5 cm³/mol. The van der Waals surface area contributed by atoms with Gasteiger partial charge in [-0.3, -0.25) is 0 Å². The zero-order valence-corrected chi connectivity index (χ0v) is 3.90. The Bertz CT molecular complexity index is 180. The fourth-order valence-corrected chi connectivity index (χ4v) is 0.339. The van der Waals surface area contributed by atoms with E-state index in [4.69, 9.17) is 5.11 Å². The molecule has 0 saturated heterocycles. The SMILES string of the molecule is O=C(O)n1cc[c]n1. The molecule has 1 N–H and O–H groups in total. The Morgan fingerprint density at radius 2 is 2.62 bits per heavy atom. The van der Waals surface area contributed by atoms with Crippen LogP contribution in [0.5, 0.6) is 0 Å². The zero-order valence-electron chi connectivity index (χ0n) is 3.90. The molecule has 1 rings (SSSR count). The van der Waals surface area contributed by atoms with Gasteiger partial charge in [0.15, 0.2) is 0 Å². The van der Waals surface area contributed by atoms with E-state index < -0.39 is 6.09 Å². The van der Waals surface area contributed by atoms with Crippen LogP contribution < -0.4 is 0 Å². The molecule has 0 atom stereocenters. The number of carbonyl (C=O) groups is 1. The van der Waals surface area contributed by atoms with Gasteiger partial charge in [-0.2, -0.15) is 9.78 Å². The maximum Gasteiger partial charge on any atom is 0.432 e. The van der Waals surface area contributed by atoms with Crippen molar-refractivity contribution in [3.05, 3.63) is 18.5 Å². The number of aromatic nitrogens is 2. The van der Waals surface area contributed by atoms with E-state index in [1.54, 1.807) is 0 Å². The maximum absolute atomic E-state index is 9.94. The summed E-state index contributed by atoms with van der Waals surface area (Å²) in [6.07, 6.45) is 2.56. The molecule has 0 bridgehead atoms. The van der Waals surface area contributed by atoms with Gasteiger partial charge in [0.05, 0.1) is 0 Å². The van der Waals surface area contributed by atoms with E-state index in [9.17, 15) is 4.79 Å². The maximum atomic E-state index is 9.94. The van der Waals surface area contributed by atoms with Crippen LogP contribution >= 0.6 is 0 Å². The molecule has 0 fully saturated rings. The smallest absolute Gasteiger partial charge is 0.432 e. The van der Waals surface area contributed by atoms with E-state index in [1.807, 2.05) is 0 Å². The van der Waals surface area contributed by atoms with Crippen molar-refractivity contribution in [2.45, 2.75) is 0 Å². The van der Waals surface area contributed by atoms with Gasteiger partial charge in [0, 0.05) is 6.20 Å². The zero-order chi connectivity index (χ0) is 5.98. The first kappa shape index (κ1) is 4.83. The second-order valence-electron chi connectivity index (χ2n) is 1.17. The summed E-state index contributed by atoms with van der Waals surface area (Å²) in [5.74, 6) is 0. The molecule has 0 aliphatic heterocycles. The molecule has 0 aliphatic carbocycles. The molecule has 1 heterocycles. The average Bonchev–Trinajstić information content (AvgIpc) is 2.12. The monoisotopic (exact) mass is 111 g/mol. The van der Waals surface area contributed by atoms with E-state index in [-0.39, 0.29) is 0 Å². The minimum absolute atomic E-state index is 0.778. The second kappa shape index (κ2) is 1.65. The lowest BCUT2D eigenvalue weighted by molar-refractivity contribution is 0.192. The van der Waals surface area contributed by atoms with Crippen molar-refractivity contribution < 1.29 is 9.90 Å². The summed E-state index contributed by atoms with van der Waals surface area (Å²) in [6.45, 7) is 0.